The molecule has 3 rings (SSSR count). The van der Waals surface area contributed by atoms with E-state index in [-0.39, 0.29) is 5.71 Å². The lowest BCUT2D eigenvalue weighted by molar-refractivity contribution is -0.160. The van der Waals surface area contributed by atoms with Gasteiger partial charge in [-0.1, -0.05) is 11.2 Å². The van der Waals surface area contributed by atoms with Gasteiger partial charge in [0.05, 0.1) is 4.88 Å². The quantitative estimate of drug-likeness (QED) is 0.309. The third-order valence-electron chi connectivity index (χ3n) is 4.03. The number of rotatable bonds is 4. The molecule has 0 radical (unpaired) electrons. The van der Waals surface area contributed by atoms with Crippen LogP contribution in [-0.4, -0.2) is 60.9 Å². The number of hydrogen-bond acceptors (Lipinski definition) is 7. The molecule has 3 atom stereocenters. The predicted octanol–water partition coefficient (Wildman–Crippen LogP) is 0.558. The van der Waals surface area contributed by atoms with Crippen LogP contribution >= 0.6 is 23.1 Å². The van der Waals surface area contributed by atoms with E-state index in [1.54, 1.807) is 31.4 Å². The summed E-state index contributed by atoms with van der Waals surface area (Å²) in [6.07, 6.45) is 0. The van der Waals surface area contributed by atoms with Gasteiger partial charge in [-0.25, -0.2) is 4.79 Å². The number of hydrogen-bond donors (Lipinski definition) is 3. The summed E-state index contributed by atoms with van der Waals surface area (Å²) in [6.45, 7) is 3.51. The Morgan fingerprint density at radius 1 is 1.42 bits per heavy atom. The fraction of sp³-hybridized carbons (Fsp3) is 0.429. The van der Waals surface area contributed by atoms with Crippen molar-refractivity contribution in [1.82, 2.24) is 10.2 Å². The summed E-state index contributed by atoms with van der Waals surface area (Å²) in [7, 11) is 0. The number of nitrogens with one attached hydrogen (secondary N) is 1. The zero-order valence-electron chi connectivity index (χ0n) is 12.8. The van der Waals surface area contributed by atoms with Gasteiger partial charge in [-0.15, -0.1) is 23.1 Å². The molecule has 1 aromatic heterocycles. The van der Waals surface area contributed by atoms with Gasteiger partial charge >= 0.3 is 5.97 Å². The topological polar surface area (TPSA) is 119 Å². The Morgan fingerprint density at radius 2 is 2.12 bits per heavy atom. The Bertz CT molecular complexity index is 731. The molecular formula is C14H15N3O5S2. The number of oxime groups is 1. The van der Waals surface area contributed by atoms with Crippen molar-refractivity contribution in [2.24, 2.45) is 5.16 Å². The number of thioether (sulfide) groups is 1. The first-order valence-corrected chi connectivity index (χ1v) is 8.83. The smallest absolute Gasteiger partial charge is 0.327 e. The predicted molar refractivity (Wildman–Crippen MR) is 88.3 cm³/mol. The van der Waals surface area contributed by atoms with Gasteiger partial charge in [-0.05, 0) is 25.3 Å². The molecule has 0 aliphatic carbocycles. The summed E-state index contributed by atoms with van der Waals surface area (Å²) in [6, 6.07) is 1.57. The lowest BCUT2D eigenvalue weighted by atomic mass is 9.96. The number of carboxylic acid groups (broad SMARTS) is 1. The maximum atomic E-state index is 12.3. The van der Waals surface area contributed by atoms with Crippen molar-refractivity contribution >= 4 is 46.6 Å². The van der Waals surface area contributed by atoms with E-state index in [9.17, 15) is 19.5 Å². The van der Waals surface area contributed by atoms with Gasteiger partial charge < -0.3 is 20.5 Å². The number of fused-ring (bicyclic) bond motifs is 1. The van der Waals surface area contributed by atoms with Crippen LogP contribution in [0, 0.1) is 0 Å². The highest BCUT2D eigenvalue weighted by atomic mass is 32.2. The van der Waals surface area contributed by atoms with Crippen LogP contribution in [-0.2, 0) is 14.4 Å². The lowest BCUT2D eigenvalue weighted by Gasteiger charge is -2.43. The zero-order valence-corrected chi connectivity index (χ0v) is 14.4. The SMILES string of the molecule is CC1(C)S[C@H]2[C@H](NC(=O)C(=NO)c3cccs3)C(=O)N2[C@H]1C(=O)O. The first-order valence-electron chi connectivity index (χ1n) is 7.07. The van der Waals surface area contributed by atoms with E-state index in [0.717, 1.165) is 0 Å². The van der Waals surface area contributed by atoms with Gasteiger partial charge in [-0.2, -0.15) is 0 Å². The maximum absolute atomic E-state index is 12.3. The number of thiophene rings is 1. The van der Waals surface area contributed by atoms with Gasteiger partial charge in [-0.3, -0.25) is 9.59 Å². The number of carbonyl (C=O) groups is 3. The first-order chi connectivity index (χ1) is 11.3. The molecule has 2 fully saturated rings. The summed E-state index contributed by atoms with van der Waals surface area (Å²) in [4.78, 5) is 37.8. The molecule has 3 heterocycles. The highest BCUT2D eigenvalue weighted by molar-refractivity contribution is 8.01. The summed E-state index contributed by atoms with van der Waals surface area (Å²) < 4.78 is -0.659. The Morgan fingerprint density at radius 3 is 2.67 bits per heavy atom. The molecule has 128 valence electrons. The van der Waals surface area contributed by atoms with E-state index in [1.165, 1.54) is 28.0 Å². The van der Waals surface area contributed by atoms with E-state index in [4.69, 9.17) is 5.21 Å². The summed E-state index contributed by atoms with van der Waals surface area (Å²) >= 11 is 2.57. The third kappa shape index (κ3) is 2.46. The highest BCUT2D eigenvalue weighted by Crippen LogP contribution is 2.50. The molecular weight excluding hydrogens is 354 g/mol. The van der Waals surface area contributed by atoms with Gasteiger partial charge in [0, 0.05) is 4.75 Å². The molecule has 8 nitrogen and oxygen atoms in total. The number of carboxylic acids is 1. The summed E-state index contributed by atoms with van der Waals surface area (Å²) in [5.74, 6) is -2.18. The lowest BCUT2D eigenvalue weighted by Crippen LogP contribution is -2.71. The molecule has 1 aromatic rings. The van der Waals surface area contributed by atoms with E-state index in [0.29, 0.717) is 4.88 Å². The second-order valence-corrected chi connectivity index (χ2v) is 8.69. The average Bonchev–Trinajstić information content (AvgIpc) is 3.10. The molecule has 24 heavy (non-hydrogen) atoms. The number of carbonyl (C=O) groups excluding carboxylic acids is 2. The van der Waals surface area contributed by atoms with Gasteiger partial charge in [0.1, 0.15) is 17.5 Å². The molecule has 2 saturated heterocycles. The molecule has 0 saturated carbocycles. The van der Waals surface area contributed by atoms with Crippen LogP contribution < -0.4 is 5.32 Å². The molecule has 0 bridgehead atoms. The number of nitrogens with zero attached hydrogens (tertiary/aromatic N) is 2. The van der Waals surface area contributed by atoms with Crippen LogP contribution in [0.2, 0.25) is 0 Å². The zero-order chi connectivity index (χ0) is 17.6. The minimum atomic E-state index is -1.07. The molecule has 3 N–H and O–H groups in total. The fourth-order valence-corrected chi connectivity index (χ4v) is 5.31. The molecule has 2 aliphatic heterocycles. The second kappa shape index (κ2) is 5.78. The standard InChI is InChI=1S/C14H15N3O5S2/c1-14(2)9(13(20)21)17-11(19)8(12(17)24-14)15-10(18)7(16-22)6-4-3-5-23-6/h3-5,8-9,12,22H,1-2H3,(H,15,18)(H,20,21)/t8-,9+,12+/m1/s1. The largest absolute Gasteiger partial charge is 0.480 e. The van der Waals surface area contributed by atoms with Gasteiger partial charge in [0.25, 0.3) is 5.91 Å². The molecule has 2 amide bonds. The van der Waals surface area contributed by atoms with Crippen molar-refractivity contribution in [2.75, 3.05) is 0 Å². The normalized spacial score (nSPS) is 28.2. The Labute approximate surface area is 145 Å². The molecule has 0 spiro atoms. The van der Waals surface area contributed by atoms with E-state index < -0.39 is 40.0 Å². The van der Waals surface area contributed by atoms with Gasteiger partial charge in [0.2, 0.25) is 5.91 Å². The number of aliphatic carboxylic acids is 1. The van der Waals surface area contributed by atoms with Crippen LogP contribution in [0.5, 0.6) is 0 Å². The first kappa shape index (κ1) is 16.8. The fourth-order valence-electron chi connectivity index (χ4n) is 2.97. The molecule has 10 heteroatoms. The van der Waals surface area contributed by atoms with Crippen LogP contribution in [0.25, 0.3) is 0 Å². The molecule has 2 aliphatic rings. The molecule has 0 unspecified atom stereocenters. The van der Waals surface area contributed by atoms with Crippen molar-refractivity contribution in [2.45, 2.75) is 36.1 Å². The van der Waals surface area contributed by atoms with E-state index in [2.05, 4.69) is 10.5 Å². The minimum absolute atomic E-state index is 0.173. The van der Waals surface area contributed by atoms with Crippen LogP contribution in [0.3, 0.4) is 0 Å². The van der Waals surface area contributed by atoms with Crippen molar-refractivity contribution < 1.29 is 24.7 Å². The number of amides is 2. The number of β-lactam (4-membered cyclic amide) rings is 1. The summed E-state index contributed by atoms with van der Waals surface area (Å²) in [5, 5.41) is 25.3. The van der Waals surface area contributed by atoms with E-state index in [1.807, 2.05) is 0 Å². The van der Waals surface area contributed by atoms with Crippen LogP contribution in [0.15, 0.2) is 22.7 Å². The van der Waals surface area contributed by atoms with Crippen LogP contribution in [0.4, 0.5) is 0 Å². The Balaban J connectivity index is 1.76. The van der Waals surface area contributed by atoms with Crippen molar-refractivity contribution in [3.05, 3.63) is 22.4 Å². The average molecular weight is 369 g/mol. The Hall–Kier alpha value is -2.07. The van der Waals surface area contributed by atoms with E-state index >= 15 is 0 Å². The maximum Gasteiger partial charge on any atom is 0.327 e. The Kier molecular flexibility index (Phi) is 4.04. The summed E-state index contributed by atoms with van der Waals surface area (Å²) in [5.41, 5.74) is -0.173. The third-order valence-corrected chi connectivity index (χ3v) is 6.48. The monoisotopic (exact) mass is 369 g/mol. The molecule has 0 aromatic carbocycles. The minimum Gasteiger partial charge on any atom is -0.480 e. The van der Waals surface area contributed by atoms with Gasteiger partial charge in [0.15, 0.2) is 5.71 Å². The van der Waals surface area contributed by atoms with Crippen molar-refractivity contribution in [3.63, 3.8) is 0 Å². The second-order valence-electron chi connectivity index (χ2n) is 5.98. The van der Waals surface area contributed by atoms with Crippen LogP contribution in [0.1, 0.15) is 18.7 Å². The highest BCUT2D eigenvalue weighted by Gasteiger charge is 2.64. The van der Waals surface area contributed by atoms with Crippen molar-refractivity contribution in [3.8, 4) is 0 Å². The van der Waals surface area contributed by atoms with Crippen molar-refractivity contribution in [1.29, 1.82) is 0 Å².